The molecule has 0 radical (unpaired) electrons. The summed E-state index contributed by atoms with van der Waals surface area (Å²) in [6.07, 6.45) is 2.47. The number of rotatable bonds is 5. The predicted molar refractivity (Wildman–Crippen MR) is 82.5 cm³/mol. The summed E-state index contributed by atoms with van der Waals surface area (Å²) in [6.45, 7) is 2.70. The number of nitrogens with zero attached hydrogens (tertiary/aromatic N) is 1. The number of benzene rings is 1. The molecular weight excluding hydrogens is 295 g/mol. The van der Waals surface area contributed by atoms with E-state index in [4.69, 9.17) is 33.7 Å². The van der Waals surface area contributed by atoms with E-state index >= 15 is 0 Å². The molecule has 0 saturated carbocycles. The first kappa shape index (κ1) is 15.1. The predicted octanol–water partition coefficient (Wildman–Crippen LogP) is 4.23. The quantitative estimate of drug-likeness (QED) is 0.899. The Hall–Kier alpha value is -1.29. The monoisotopic (exact) mass is 310 g/mol. The molecule has 5 heteroatoms. The van der Waals surface area contributed by atoms with Gasteiger partial charge < -0.3 is 10.5 Å². The number of nitrogens with two attached hydrogens (primary N) is 1. The largest absolute Gasteiger partial charge is 0.493 e. The maximum atomic E-state index is 6.27. The van der Waals surface area contributed by atoms with Crippen LogP contribution < -0.4 is 10.5 Å². The Morgan fingerprint density at radius 3 is 2.75 bits per heavy atom. The Morgan fingerprint density at radius 1 is 1.30 bits per heavy atom. The van der Waals surface area contributed by atoms with E-state index in [1.807, 2.05) is 24.3 Å². The van der Waals surface area contributed by atoms with Gasteiger partial charge in [-0.1, -0.05) is 48.3 Å². The number of hydrogen-bond acceptors (Lipinski definition) is 3. The fraction of sp³-hybridized carbons (Fsp3) is 0.267. The van der Waals surface area contributed by atoms with Crippen molar-refractivity contribution in [2.75, 3.05) is 6.61 Å². The molecule has 1 heterocycles. The van der Waals surface area contributed by atoms with Crippen LogP contribution in [-0.4, -0.2) is 11.6 Å². The van der Waals surface area contributed by atoms with Crippen LogP contribution >= 0.6 is 23.2 Å². The van der Waals surface area contributed by atoms with Crippen LogP contribution in [0.25, 0.3) is 0 Å². The maximum absolute atomic E-state index is 6.27. The lowest BCUT2D eigenvalue weighted by Crippen LogP contribution is -2.15. The fourth-order valence-corrected chi connectivity index (χ4v) is 2.38. The van der Waals surface area contributed by atoms with Gasteiger partial charge in [0.15, 0.2) is 0 Å². The van der Waals surface area contributed by atoms with Crippen LogP contribution in [0.3, 0.4) is 0 Å². The summed E-state index contributed by atoms with van der Waals surface area (Å²) in [5.74, 6) is 0.759. The lowest BCUT2D eigenvalue weighted by atomic mass is 10.0. The average Bonchev–Trinajstić information content (AvgIpc) is 2.45. The molecule has 0 aliphatic heterocycles. The van der Waals surface area contributed by atoms with Crippen LogP contribution in [0.1, 0.15) is 30.6 Å². The highest BCUT2D eigenvalue weighted by atomic mass is 35.5. The first-order chi connectivity index (χ1) is 9.63. The Balaban J connectivity index is 2.35. The molecule has 1 atom stereocenters. The van der Waals surface area contributed by atoms with Gasteiger partial charge >= 0.3 is 0 Å². The fourth-order valence-electron chi connectivity index (χ4n) is 1.88. The van der Waals surface area contributed by atoms with Gasteiger partial charge in [-0.25, -0.2) is 0 Å². The molecular formula is C15H16Cl2N2O. The number of para-hydroxylation sites is 1. The van der Waals surface area contributed by atoms with Gasteiger partial charge in [0.25, 0.3) is 0 Å². The van der Waals surface area contributed by atoms with Crippen LogP contribution in [0.4, 0.5) is 0 Å². The maximum Gasteiger partial charge on any atom is 0.124 e. The molecule has 0 spiro atoms. The molecule has 0 bridgehead atoms. The summed E-state index contributed by atoms with van der Waals surface area (Å²) in [6, 6.07) is 8.83. The van der Waals surface area contributed by atoms with E-state index in [1.54, 1.807) is 6.07 Å². The third-order valence-corrected chi connectivity index (χ3v) is 3.36. The minimum absolute atomic E-state index is 0.451. The van der Waals surface area contributed by atoms with E-state index in [0.29, 0.717) is 22.3 Å². The topological polar surface area (TPSA) is 48.1 Å². The summed E-state index contributed by atoms with van der Waals surface area (Å²) in [4.78, 5) is 4.23. The molecule has 0 aliphatic rings. The van der Waals surface area contributed by atoms with Crippen molar-refractivity contribution >= 4 is 23.2 Å². The molecule has 0 aliphatic carbocycles. The van der Waals surface area contributed by atoms with Crippen molar-refractivity contribution in [2.24, 2.45) is 5.73 Å². The lowest BCUT2D eigenvalue weighted by molar-refractivity contribution is 0.313. The molecule has 106 valence electrons. The van der Waals surface area contributed by atoms with Gasteiger partial charge in [-0.3, -0.25) is 4.98 Å². The highest BCUT2D eigenvalue weighted by molar-refractivity contribution is 6.34. The Labute approximate surface area is 128 Å². The third-order valence-electron chi connectivity index (χ3n) is 2.85. The minimum Gasteiger partial charge on any atom is -0.493 e. The van der Waals surface area contributed by atoms with Crippen LogP contribution in [-0.2, 0) is 0 Å². The van der Waals surface area contributed by atoms with Gasteiger partial charge in [-0.2, -0.15) is 0 Å². The summed E-state index contributed by atoms with van der Waals surface area (Å²) in [5.41, 5.74) is 7.72. The molecule has 0 amide bonds. The van der Waals surface area contributed by atoms with Crippen molar-refractivity contribution < 1.29 is 4.74 Å². The van der Waals surface area contributed by atoms with Crippen molar-refractivity contribution in [1.82, 2.24) is 4.98 Å². The summed E-state index contributed by atoms with van der Waals surface area (Å²) >= 11 is 12.0. The number of aromatic nitrogens is 1. The normalized spacial score (nSPS) is 12.2. The summed E-state index contributed by atoms with van der Waals surface area (Å²) in [7, 11) is 0. The van der Waals surface area contributed by atoms with E-state index < -0.39 is 6.04 Å². The Morgan fingerprint density at radius 2 is 2.05 bits per heavy atom. The van der Waals surface area contributed by atoms with Gasteiger partial charge in [-0.15, -0.1) is 0 Å². The SMILES string of the molecule is CCCOc1ccccc1C(N)c1ncc(Cl)cc1Cl. The highest BCUT2D eigenvalue weighted by Crippen LogP contribution is 2.31. The molecule has 1 aromatic carbocycles. The van der Waals surface area contributed by atoms with E-state index in [1.165, 1.54) is 6.20 Å². The first-order valence-corrected chi connectivity index (χ1v) is 7.17. The van der Waals surface area contributed by atoms with Crippen LogP contribution in [0.15, 0.2) is 36.5 Å². The lowest BCUT2D eigenvalue weighted by Gasteiger charge is -2.17. The zero-order valence-electron chi connectivity index (χ0n) is 11.1. The van der Waals surface area contributed by atoms with Crippen molar-refractivity contribution in [3.8, 4) is 5.75 Å². The van der Waals surface area contributed by atoms with Crippen LogP contribution in [0, 0.1) is 0 Å². The van der Waals surface area contributed by atoms with Crippen molar-refractivity contribution in [3.05, 3.63) is 57.8 Å². The molecule has 0 fully saturated rings. The number of pyridine rings is 1. The molecule has 2 rings (SSSR count). The molecule has 1 aromatic heterocycles. The summed E-state index contributed by atoms with van der Waals surface area (Å²) in [5, 5.41) is 0.941. The van der Waals surface area contributed by atoms with E-state index in [-0.39, 0.29) is 0 Å². The van der Waals surface area contributed by atoms with Crippen molar-refractivity contribution in [3.63, 3.8) is 0 Å². The van der Waals surface area contributed by atoms with Gasteiger partial charge in [0, 0.05) is 11.8 Å². The van der Waals surface area contributed by atoms with Gasteiger partial charge in [-0.05, 0) is 18.6 Å². The minimum atomic E-state index is -0.451. The smallest absolute Gasteiger partial charge is 0.124 e. The third kappa shape index (κ3) is 3.42. The molecule has 2 aromatic rings. The number of hydrogen-bond donors (Lipinski definition) is 1. The first-order valence-electron chi connectivity index (χ1n) is 6.41. The van der Waals surface area contributed by atoms with Gasteiger partial charge in [0.1, 0.15) is 5.75 Å². The second-order valence-electron chi connectivity index (χ2n) is 4.38. The Kier molecular flexibility index (Phi) is 5.24. The number of halogens is 2. The molecule has 1 unspecified atom stereocenters. The molecule has 3 nitrogen and oxygen atoms in total. The van der Waals surface area contributed by atoms with Gasteiger partial charge in [0.05, 0.1) is 28.4 Å². The van der Waals surface area contributed by atoms with E-state index in [9.17, 15) is 0 Å². The summed E-state index contributed by atoms with van der Waals surface area (Å²) < 4.78 is 5.72. The molecule has 20 heavy (non-hydrogen) atoms. The zero-order chi connectivity index (χ0) is 14.5. The van der Waals surface area contributed by atoms with Crippen LogP contribution in [0.2, 0.25) is 10.0 Å². The zero-order valence-corrected chi connectivity index (χ0v) is 12.7. The van der Waals surface area contributed by atoms with Crippen molar-refractivity contribution in [1.29, 1.82) is 0 Å². The molecule has 0 saturated heterocycles. The number of ether oxygens (including phenoxy) is 1. The molecule has 2 N–H and O–H groups in total. The van der Waals surface area contributed by atoms with E-state index in [2.05, 4.69) is 11.9 Å². The van der Waals surface area contributed by atoms with Crippen molar-refractivity contribution in [2.45, 2.75) is 19.4 Å². The second kappa shape index (κ2) is 6.93. The van der Waals surface area contributed by atoms with Crippen LogP contribution in [0.5, 0.6) is 5.75 Å². The second-order valence-corrected chi connectivity index (χ2v) is 5.23. The average molecular weight is 311 g/mol. The Bertz CT molecular complexity index is 590. The van der Waals surface area contributed by atoms with Gasteiger partial charge in [0.2, 0.25) is 0 Å². The standard InChI is InChI=1S/C15H16Cl2N2O/c1-2-7-20-13-6-4-3-5-11(13)14(18)15-12(17)8-10(16)9-19-15/h3-6,8-9,14H,2,7,18H2,1H3. The van der Waals surface area contributed by atoms with E-state index in [0.717, 1.165) is 17.7 Å². The highest BCUT2D eigenvalue weighted by Gasteiger charge is 2.18.